The standard InChI is InChI=1S/C13H14N4O2S/c1-2-6-19-11-5-3-4-10(7-11)8-15-17-12(18)9-14-16-13(17)20/h3-5,7-9H,2,6H2,1H3,(H,16,20)/b15-8-. The first kappa shape index (κ1) is 14.1. The molecule has 0 atom stereocenters. The van der Waals surface area contributed by atoms with Crippen LogP contribution in [0.1, 0.15) is 18.9 Å². The first-order valence-electron chi connectivity index (χ1n) is 6.14. The van der Waals surface area contributed by atoms with Gasteiger partial charge in [-0.25, -0.2) is 0 Å². The van der Waals surface area contributed by atoms with Gasteiger partial charge in [0.25, 0.3) is 5.56 Å². The molecule has 0 amide bonds. The molecule has 6 nitrogen and oxygen atoms in total. The van der Waals surface area contributed by atoms with Gasteiger partial charge >= 0.3 is 0 Å². The maximum absolute atomic E-state index is 11.5. The van der Waals surface area contributed by atoms with Crippen LogP contribution in [-0.4, -0.2) is 27.7 Å². The molecule has 0 saturated carbocycles. The van der Waals surface area contributed by atoms with Gasteiger partial charge in [-0.05, 0) is 36.3 Å². The van der Waals surface area contributed by atoms with Crippen LogP contribution in [0.15, 0.2) is 40.4 Å². The Morgan fingerprint density at radius 3 is 3.15 bits per heavy atom. The van der Waals surface area contributed by atoms with Crippen LogP contribution in [-0.2, 0) is 0 Å². The van der Waals surface area contributed by atoms with Gasteiger partial charge in [-0.1, -0.05) is 19.1 Å². The smallest absolute Gasteiger partial charge is 0.293 e. The number of aromatic nitrogens is 3. The van der Waals surface area contributed by atoms with E-state index in [9.17, 15) is 4.79 Å². The van der Waals surface area contributed by atoms with Crippen LogP contribution in [0.2, 0.25) is 0 Å². The zero-order valence-electron chi connectivity index (χ0n) is 10.9. The summed E-state index contributed by atoms with van der Waals surface area (Å²) < 4.78 is 6.75. The predicted octanol–water partition coefficient (Wildman–Crippen LogP) is 1.97. The molecule has 20 heavy (non-hydrogen) atoms. The zero-order valence-corrected chi connectivity index (χ0v) is 11.8. The van der Waals surface area contributed by atoms with E-state index in [2.05, 4.69) is 15.3 Å². The third-order valence-electron chi connectivity index (χ3n) is 2.39. The van der Waals surface area contributed by atoms with Gasteiger partial charge in [0, 0.05) is 0 Å². The molecule has 1 heterocycles. The highest BCUT2D eigenvalue weighted by Crippen LogP contribution is 2.12. The van der Waals surface area contributed by atoms with Crippen molar-refractivity contribution in [2.45, 2.75) is 13.3 Å². The second-order valence-corrected chi connectivity index (χ2v) is 4.38. The topological polar surface area (TPSA) is 72.3 Å². The fourth-order valence-corrected chi connectivity index (χ4v) is 1.67. The Kier molecular flexibility index (Phi) is 4.78. The third-order valence-corrected chi connectivity index (χ3v) is 2.65. The molecule has 2 aromatic rings. The molecule has 0 saturated heterocycles. The minimum Gasteiger partial charge on any atom is -0.494 e. The molecule has 0 unspecified atom stereocenters. The zero-order chi connectivity index (χ0) is 14.4. The molecular formula is C13H14N4O2S. The molecule has 0 aliphatic heterocycles. The van der Waals surface area contributed by atoms with Gasteiger partial charge in [-0.15, -0.1) is 0 Å². The van der Waals surface area contributed by atoms with E-state index in [0.29, 0.717) is 6.61 Å². The summed E-state index contributed by atoms with van der Waals surface area (Å²) in [5.74, 6) is 0.767. The van der Waals surface area contributed by atoms with Crippen LogP contribution in [0.5, 0.6) is 5.75 Å². The number of nitrogens with one attached hydrogen (secondary N) is 1. The molecule has 0 radical (unpaired) electrons. The van der Waals surface area contributed by atoms with Gasteiger partial charge in [-0.3, -0.25) is 9.89 Å². The number of ether oxygens (including phenoxy) is 1. The molecule has 0 spiro atoms. The Bertz CT molecular complexity index is 692. The molecule has 104 valence electrons. The average molecular weight is 290 g/mol. The number of hydrogen-bond donors (Lipinski definition) is 1. The van der Waals surface area contributed by atoms with Crippen LogP contribution in [0.25, 0.3) is 0 Å². The largest absolute Gasteiger partial charge is 0.494 e. The van der Waals surface area contributed by atoms with Crippen molar-refractivity contribution >= 4 is 18.4 Å². The fraction of sp³-hybridized carbons (Fsp3) is 0.231. The lowest BCUT2D eigenvalue weighted by Crippen LogP contribution is -2.18. The van der Waals surface area contributed by atoms with Crippen LogP contribution < -0.4 is 10.3 Å². The maximum atomic E-state index is 11.5. The first-order chi connectivity index (χ1) is 9.70. The summed E-state index contributed by atoms with van der Waals surface area (Å²) in [6, 6.07) is 7.44. The lowest BCUT2D eigenvalue weighted by molar-refractivity contribution is 0.317. The Morgan fingerprint density at radius 1 is 1.55 bits per heavy atom. The summed E-state index contributed by atoms with van der Waals surface area (Å²) in [5.41, 5.74) is 0.431. The summed E-state index contributed by atoms with van der Waals surface area (Å²) in [6.45, 7) is 2.71. The fourth-order valence-electron chi connectivity index (χ4n) is 1.48. The molecule has 1 aromatic heterocycles. The minimum absolute atomic E-state index is 0.145. The van der Waals surface area contributed by atoms with Gasteiger partial charge in [0.1, 0.15) is 11.9 Å². The Balaban J connectivity index is 2.23. The second-order valence-electron chi connectivity index (χ2n) is 3.99. The number of aromatic amines is 1. The predicted molar refractivity (Wildman–Crippen MR) is 78.9 cm³/mol. The van der Waals surface area contributed by atoms with Crippen molar-refractivity contribution in [2.75, 3.05) is 6.61 Å². The van der Waals surface area contributed by atoms with E-state index in [-0.39, 0.29) is 10.3 Å². The van der Waals surface area contributed by atoms with Crippen LogP contribution in [0, 0.1) is 4.77 Å². The minimum atomic E-state index is -0.386. The molecule has 0 bridgehead atoms. The number of hydrogen-bond acceptors (Lipinski definition) is 5. The van der Waals surface area contributed by atoms with E-state index in [4.69, 9.17) is 17.0 Å². The summed E-state index contributed by atoms with van der Waals surface area (Å²) in [4.78, 5) is 11.5. The highest BCUT2D eigenvalue weighted by atomic mass is 32.1. The van der Waals surface area contributed by atoms with E-state index >= 15 is 0 Å². The monoisotopic (exact) mass is 290 g/mol. The van der Waals surface area contributed by atoms with Gasteiger partial charge in [0.05, 0.1) is 12.8 Å². The summed E-state index contributed by atoms with van der Waals surface area (Å²) in [6.07, 6.45) is 3.61. The Labute approximate surface area is 120 Å². The van der Waals surface area contributed by atoms with Crippen molar-refractivity contribution in [3.05, 3.63) is 51.2 Å². The molecule has 2 rings (SSSR count). The van der Waals surface area contributed by atoms with Crippen LogP contribution in [0.4, 0.5) is 0 Å². The summed E-state index contributed by atoms with van der Waals surface area (Å²) >= 11 is 4.94. The number of H-pyrrole nitrogens is 1. The number of benzene rings is 1. The van der Waals surface area contributed by atoms with Crippen molar-refractivity contribution in [1.29, 1.82) is 0 Å². The average Bonchev–Trinajstić information content (AvgIpc) is 2.45. The van der Waals surface area contributed by atoms with E-state index in [1.165, 1.54) is 0 Å². The molecular weight excluding hydrogens is 276 g/mol. The Morgan fingerprint density at radius 2 is 2.40 bits per heavy atom. The SMILES string of the molecule is CCCOc1cccc(/C=N\n2c(=O)cn[nH]c2=S)c1. The van der Waals surface area contributed by atoms with Crippen molar-refractivity contribution in [1.82, 2.24) is 14.9 Å². The highest BCUT2D eigenvalue weighted by Gasteiger charge is 1.97. The van der Waals surface area contributed by atoms with Crippen molar-refractivity contribution in [3.8, 4) is 5.75 Å². The number of nitrogens with zero attached hydrogens (tertiary/aromatic N) is 3. The third kappa shape index (κ3) is 3.61. The lowest BCUT2D eigenvalue weighted by atomic mass is 10.2. The normalized spacial score (nSPS) is 10.8. The lowest BCUT2D eigenvalue weighted by Gasteiger charge is -2.04. The van der Waals surface area contributed by atoms with Gasteiger partial charge in [-0.2, -0.15) is 14.9 Å². The summed E-state index contributed by atoms with van der Waals surface area (Å²) in [7, 11) is 0. The van der Waals surface area contributed by atoms with E-state index in [0.717, 1.165) is 28.6 Å². The van der Waals surface area contributed by atoms with Gasteiger partial charge < -0.3 is 4.74 Å². The molecule has 1 aromatic carbocycles. The van der Waals surface area contributed by atoms with E-state index < -0.39 is 0 Å². The van der Waals surface area contributed by atoms with Crippen molar-refractivity contribution in [3.63, 3.8) is 0 Å². The van der Waals surface area contributed by atoms with E-state index in [1.54, 1.807) is 6.21 Å². The van der Waals surface area contributed by atoms with E-state index in [1.807, 2.05) is 31.2 Å². The number of rotatable bonds is 5. The summed E-state index contributed by atoms with van der Waals surface area (Å²) in [5, 5.41) is 10.1. The Hall–Kier alpha value is -2.28. The quantitative estimate of drug-likeness (QED) is 0.675. The molecule has 1 N–H and O–H groups in total. The molecule has 0 fully saturated rings. The second kappa shape index (κ2) is 6.76. The van der Waals surface area contributed by atoms with Crippen LogP contribution >= 0.6 is 12.2 Å². The van der Waals surface area contributed by atoms with Gasteiger partial charge in [0.15, 0.2) is 0 Å². The highest BCUT2D eigenvalue weighted by molar-refractivity contribution is 7.71. The molecule has 7 heteroatoms. The van der Waals surface area contributed by atoms with Gasteiger partial charge in [0.2, 0.25) is 4.77 Å². The molecule has 0 aliphatic rings. The van der Waals surface area contributed by atoms with Crippen molar-refractivity contribution < 1.29 is 4.74 Å². The first-order valence-corrected chi connectivity index (χ1v) is 6.55. The van der Waals surface area contributed by atoms with Crippen molar-refractivity contribution in [2.24, 2.45) is 5.10 Å². The molecule has 0 aliphatic carbocycles. The van der Waals surface area contributed by atoms with Crippen LogP contribution in [0.3, 0.4) is 0 Å². The maximum Gasteiger partial charge on any atom is 0.293 e.